The first-order valence-corrected chi connectivity index (χ1v) is 5.83. The summed E-state index contributed by atoms with van der Waals surface area (Å²) in [7, 11) is 0. The molecular weight excluding hydrogens is 288 g/mol. The van der Waals surface area contributed by atoms with E-state index in [0.29, 0.717) is 17.4 Å². The van der Waals surface area contributed by atoms with Crippen LogP contribution < -0.4 is 5.73 Å². The Labute approximate surface area is 115 Å². The van der Waals surface area contributed by atoms with E-state index in [4.69, 9.17) is 5.73 Å². The van der Waals surface area contributed by atoms with Crippen LogP contribution in [0.5, 0.6) is 0 Å². The molecule has 0 radical (unpaired) electrons. The number of hydrogen-bond donors (Lipinski definition) is 1. The molecule has 0 aliphatic carbocycles. The third-order valence-corrected chi connectivity index (χ3v) is 2.96. The molecule has 0 aliphatic heterocycles. The first kappa shape index (κ1) is 13.3. The topological polar surface area (TPSA) is 56.2 Å². The van der Waals surface area contributed by atoms with Gasteiger partial charge in [-0.25, -0.2) is 4.39 Å². The Morgan fingerprint density at radius 3 is 2.52 bits per heavy atom. The van der Waals surface area contributed by atoms with Crippen LogP contribution in [0.3, 0.4) is 0 Å². The number of aromatic nitrogens is 3. The van der Waals surface area contributed by atoms with Gasteiger partial charge in [-0.05, 0) is 30.3 Å². The Balaban J connectivity index is 2.21. The van der Waals surface area contributed by atoms with Crippen molar-refractivity contribution in [1.29, 1.82) is 0 Å². The third kappa shape index (κ3) is 2.28. The molecule has 0 spiro atoms. The Hall–Kier alpha value is -2.64. The summed E-state index contributed by atoms with van der Waals surface area (Å²) in [5.74, 6) is -1.18. The number of nitrogen functional groups attached to an aromatic ring is 1. The van der Waals surface area contributed by atoms with Gasteiger partial charge in [-0.1, -0.05) is 0 Å². The Morgan fingerprint density at radius 2 is 1.81 bits per heavy atom. The number of nitrogens with zero attached hydrogens (tertiary/aromatic N) is 3. The largest absolute Gasteiger partial charge is 0.419 e. The highest BCUT2D eigenvalue weighted by Gasteiger charge is 2.34. The molecule has 2 heterocycles. The third-order valence-electron chi connectivity index (χ3n) is 2.96. The first-order valence-electron chi connectivity index (χ1n) is 5.83. The van der Waals surface area contributed by atoms with Gasteiger partial charge in [0.05, 0.1) is 5.56 Å². The number of nitrogens with two attached hydrogens (primary N) is 1. The van der Waals surface area contributed by atoms with Crippen molar-refractivity contribution in [3.63, 3.8) is 0 Å². The average molecular weight is 296 g/mol. The normalized spacial score (nSPS) is 12.0. The number of anilines is 1. The van der Waals surface area contributed by atoms with Gasteiger partial charge < -0.3 is 5.73 Å². The molecule has 0 saturated carbocycles. The zero-order chi connectivity index (χ0) is 15.2. The number of hydrogen-bond acceptors (Lipinski definition) is 3. The SMILES string of the molecule is Nc1ccc2nnc(-c3ccc(F)c(C(F)(F)F)c3)n2c1. The van der Waals surface area contributed by atoms with Crippen molar-refractivity contribution >= 4 is 11.3 Å². The lowest BCUT2D eigenvalue weighted by Crippen LogP contribution is -2.08. The fourth-order valence-electron chi connectivity index (χ4n) is 1.99. The summed E-state index contributed by atoms with van der Waals surface area (Å²) in [5.41, 5.74) is 5.22. The molecular formula is C13H8F4N4. The molecule has 0 atom stereocenters. The van der Waals surface area contributed by atoms with Crippen molar-refractivity contribution in [2.75, 3.05) is 5.73 Å². The fourth-order valence-corrected chi connectivity index (χ4v) is 1.99. The predicted octanol–water partition coefficient (Wildman–Crippen LogP) is 3.14. The fraction of sp³-hybridized carbons (Fsp3) is 0.0769. The van der Waals surface area contributed by atoms with Gasteiger partial charge in [0.15, 0.2) is 11.5 Å². The number of halogens is 4. The Kier molecular flexibility index (Phi) is 2.82. The predicted molar refractivity (Wildman–Crippen MR) is 67.8 cm³/mol. The van der Waals surface area contributed by atoms with Crippen LogP contribution in [0, 0.1) is 5.82 Å². The monoisotopic (exact) mass is 296 g/mol. The smallest absolute Gasteiger partial charge is 0.398 e. The highest BCUT2D eigenvalue weighted by molar-refractivity contribution is 5.62. The summed E-state index contributed by atoms with van der Waals surface area (Å²) in [5, 5.41) is 7.66. The molecule has 3 rings (SSSR count). The summed E-state index contributed by atoms with van der Waals surface area (Å²) >= 11 is 0. The minimum absolute atomic E-state index is 0.0989. The molecule has 0 amide bonds. The van der Waals surface area contributed by atoms with Crippen molar-refractivity contribution in [1.82, 2.24) is 14.6 Å². The summed E-state index contributed by atoms with van der Waals surface area (Å²) in [6, 6.07) is 5.85. The zero-order valence-electron chi connectivity index (χ0n) is 10.4. The maximum atomic E-state index is 13.3. The lowest BCUT2D eigenvalue weighted by Gasteiger charge is -2.09. The second-order valence-electron chi connectivity index (χ2n) is 4.41. The summed E-state index contributed by atoms with van der Waals surface area (Å²) in [6.07, 6.45) is -3.29. The molecule has 4 nitrogen and oxygen atoms in total. The number of pyridine rings is 1. The average Bonchev–Trinajstić information content (AvgIpc) is 2.81. The van der Waals surface area contributed by atoms with E-state index in [2.05, 4.69) is 10.2 Å². The van der Waals surface area contributed by atoms with Crippen molar-refractivity contribution in [2.45, 2.75) is 6.18 Å². The van der Waals surface area contributed by atoms with Crippen molar-refractivity contribution in [2.24, 2.45) is 0 Å². The van der Waals surface area contributed by atoms with Gasteiger partial charge in [0, 0.05) is 17.4 Å². The van der Waals surface area contributed by atoms with Gasteiger partial charge in [0.25, 0.3) is 0 Å². The quantitative estimate of drug-likeness (QED) is 0.702. The van der Waals surface area contributed by atoms with Gasteiger partial charge >= 0.3 is 6.18 Å². The Morgan fingerprint density at radius 1 is 1.05 bits per heavy atom. The molecule has 0 fully saturated rings. The molecule has 2 N–H and O–H groups in total. The summed E-state index contributed by atoms with van der Waals surface area (Å²) < 4.78 is 53.0. The van der Waals surface area contributed by atoms with Gasteiger partial charge in [-0.2, -0.15) is 13.2 Å². The van der Waals surface area contributed by atoms with Crippen LogP contribution >= 0.6 is 0 Å². The van der Waals surface area contributed by atoms with Crippen molar-refractivity contribution < 1.29 is 17.6 Å². The van der Waals surface area contributed by atoms with E-state index >= 15 is 0 Å². The molecule has 108 valence electrons. The van der Waals surface area contributed by atoms with Gasteiger partial charge in [-0.15, -0.1) is 10.2 Å². The van der Waals surface area contributed by atoms with E-state index in [9.17, 15) is 17.6 Å². The van der Waals surface area contributed by atoms with E-state index in [1.165, 1.54) is 16.7 Å². The van der Waals surface area contributed by atoms with Crippen LogP contribution in [0.4, 0.5) is 23.2 Å². The van der Waals surface area contributed by atoms with Crippen LogP contribution in [0.15, 0.2) is 36.5 Å². The molecule has 1 aromatic carbocycles. The first-order chi connectivity index (χ1) is 9.86. The van der Waals surface area contributed by atoms with E-state index in [1.807, 2.05) is 0 Å². The van der Waals surface area contributed by atoms with Gasteiger partial charge in [0.2, 0.25) is 0 Å². The molecule has 0 saturated heterocycles. The second kappa shape index (κ2) is 4.44. The zero-order valence-corrected chi connectivity index (χ0v) is 10.4. The lowest BCUT2D eigenvalue weighted by molar-refractivity contribution is -0.139. The molecule has 3 aromatic rings. The molecule has 2 aromatic heterocycles. The maximum absolute atomic E-state index is 13.3. The summed E-state index contributed by atoms with van der Waals surface area (Å²) in [6.45, 7) is 0. The molecule has 0 unspecified atom stereocenters. The minimum atomic E-state index is -4.78. The maximum Gasteiger partial charge on any atom is 0.419 e. The number of benzene rings is 1. The van der Waals surface area contributed by atoms with E-state index in [-0.39, 0.29) is 11.4 Å². The van der Waals surface area contributed by atoms with Crippen LogP contribution in [0.25, 0.3) is 17.0 Å². The minimum Gasteiger partial charge on any atom is -0.398 e. The van der Waals surface area contributed by atoms with Crippen LogP contribution in [-0.4, -0.2) is 14.6 Å². The van der Waals surface area contributed by atoms with Crippen LogP contribution in [-0.2, 0) is 6.18 Å². The van der Waals surface area contributed by atoms with Crippen LogP contribution in [0.1, 0.15) is 5.56 Å². The number of rotatable bonds is 1. The highest BCUT2D eigenvalue weighted by Crippen LogP contribution is 2.34. The standard InChI is InChI=1S/C13H8F4N4/c14-10-3-1-7(5-9(10)13(15,16)17)12-20-19-11-4-2-8(18)6-21(11)12/h1-6H,18H2. The van der Waals surface area contributed by atoms with E-state index in [1.54, 1.807) is 12.1 Å². The molecule has 0 aliphatic rings. The molecule has 0 bridgehead atoms. The Bertz CT molecular complexity index is 823. The molecule has 8 heteroatoms. The highest BCUT2D eigenvalue weighted by atomic mass is 19.4. The van der Waals surface area contributed by atoms with Crippen LogP contribution in [0.2, 0.25) is 0 Å². The lowest BCUT2D eigenvalue weighted by atomic mass is 10.1. The number of alkyl halides is 3. The molecule has 21 heavy (non-hydrogen) atoms. The van der Waals surface area contributed by atoms with Crippen molar-refractivity contribution in [3.05, 3.63) is 47.9 Å². The van der Waals surface area contributed by atoms with E-state index < -0.39 is 17.6 Å². The second-order valence-corrected chi connectivity index (χ2v) is 4.41. The summed E-state index contributed by atoms with van der Waals surface area (Å²) in [4.78, 5) is 0. The van der Waals surface area contributed by atoms with Gasteiger partial charge in [-0.3, -0.25) is 4.40 Å². The van der Waals surface area contributed by atoms with Crippen molar-refractivity contribution in [3.8, 4) is 11.4 Å². The van der Waals surface area contributed by atoms with E-state index in [0.717, 1.165) is 6.07 Å². The van der Waals surface area contributed by atoms with Gasteiger partial charge in [0.1, 0.15) is 5.82 Å². The number of fused-ring (bicyclic) bond motifs is 1.